The van der Waals surface area contributed by atoms with E-state index in [1.165, 1.54) is 12.8 Å². The Balaban J connectivity index is 1.26. The van der Waals surface area contributed by atoms with E-state index in [1.54, 1.807) is 18.2 Å². The Morgan fingerprint density at radius 2 is 2.00 bits per heavy atom. The lowest BCUT2D eigenvalue weighted by molar-refractivity contribution is 0.0498. The van der Waals surface area contributed by atoms with E-state index in [0.717, 1.165) is 5.69 Å². The monoisotopic (exact) mass is 312 g/mol. The highest BCUT2D eigenvalue weighted by Crippen LogP contribution is 2.39. The minimum atomic E-state index is 0.0158. The molecule has 1 amide bonds. The van der Waals surface area contributed by atoms with Gasteiger partial charge in [-0.2, -0.15) is 0 Å². The first-order valence-electron chi connectivity index (χ1n) is 7.88. The third-order valence-electron chi connectivity index (χ3n) is 4.67. The first-order chi connectivity index (χ1) is 11.3. The Morgan fingerprint density at radius 1 is 1.17 bits per heavy atom. The quantitative estimate of drug-likeness (QED) is 0.860. The molecular formula is C16H16N4O3. The van der Waals surface area contributed by atoms with Crippen LogP contribution in [0.25, 0.3) is 0 Å². The van der Waals surface area contributed by atoms with Gasteiger partial charge in [0, 0.05) is 30.8 Å². The van der Waals surface area contributed by atoms with E-state index in [1.807, 2.05) is 15.8 Å². The van der Waals surface area contributed by atoms with Crippen LogP contribution in [0, 0.1) is 0 Å². The topological polar surface area (TPSA) is 69.5 Å². The van der Waals surface area contributed by atoms with Crippen LogP contribution in [-0.2, 0) is 0 Å². The molecular weight excluding hydrogens is 296 g/mol. The summed E-state index contributed by atoms with van der Waals surface area (Å²) in [6.45, 7) is 1.55. The van der Waals surface area contributed by atoms with Crippen LogP contribution >= 0.6 is 0 Å². The van der Waals surface area contributed by atoms with E-state index in [9.17, 15) is 4.79 Å². The van der Waals surface area contributed by atoms with Crippen molar-refractivity contribution >= 4 is 5.91 Å². The second-order valence-electron chi connectivity index (χ2n) is 6.33. The van der Waals surface area contributed by atoms with Gasteiger partial charge in [0.2, 0.25) is 6.79 Å². The molecule has 7 nitrogen and oxygen atoms in total. The highest BCUT2D eigenvalue weighted by atomic mass is 16.7. The summed E-state index contributed by atoms with van der Waals surface area (Å²) in [4.78, 5) is 14.3. The van der Waals surface area contributed by atoms with Crippen LogP contribution in [0.2, 0.25) is 0 Å². The van der Waals surface area contributed by atoms with E-state index in [4.69, 9.17) is 9.47 Å². The molecule has 2 aliphatic heterocycles. The molecule has 1 aromatic heterocycles. The van der Waals surface area contributed by atoms with E-state index in [-0.39, 0.29) is 18.7 Å². The lowest BCUT2D eigenvalue weighted by Crippen LogP contribution is -2.50. The highest BCUT2D eigenvalue weighted by Gasteiger charge is 2.35. The van der Waals surface area contributed by atoms with Gasteiger partial charge in [0.05, 0.1) is 11.7 Å². The largest absolute Gasteiger partial charge is 0.454 e. The SMILES string of the molecule is O=C(c1ccc2c(c1)OCO2)N1CC(n2cc(C3CC3)nn2)C1. The molecule has 23 heavy (non-hydrogen) atoms. The summed E-state index contributed by atoms with van der Waals surface area (Å²) in [5.74, 6) is 1.95. The number of benzene rings is 1. The number of rotatable bonds is 3. The Hall–Kier alpha value is -2.57. The Kier molecular flexibility index (Phi) is 2.65. The molecule has 0 atom stereocenters. The van der Waals surface area contributed by atoms with Gasteiger partial charge in [-0.25, -0.2) is 4.68 Å². The Bertz CT molecular complexity index is 777. The number of amides is 1. The van der Waals surface area contributed by atoms with Crippen LogP contribution in [0.1, 0.15) is 40.9 Å². The van der Waals surface area contributed by atoms with Gasteiger partial charge in [-0.3, -0.25) is 4.79 Å². The molecule has 5 rings (SSSR count). The lowest BCUT2D eigenvalue weighted by Gasteiger charge is -2.38. The second-order valence-corrected chi connectivity index (χ2v) is 6.33. The molecule has 0 bridgehead atoms. The van der Waals surface area contributed by atoms with Crippen molar-refractivity contribution in [3.05, 3.63) is 35.7 Å². The van der Waals surface area contributed by atoms with Crippen molar-refractivity contribution < 1.29 is 14.3 Å². The molecule has 118 valence electrons. The van der Waals surface area contributed by atoms with Gasteiger partial charge in [0.1, 0.15) is 0 Å². The van der Waals surface area contributed by atoms with E-state index < -0.39 is 0 Å². The first-order valence-corrected chi connectivity index (χ1v) is 7.88. The van der Waals surface area contributed by atoms with E-state index >= 15 is 0 Å². The molecule has 0 unspecified atom stereocenters. The number of hydrogen-bond acceptors (Lipinski definition) is 5. The van der Waals surface area contributed by atoms with Crippen LogP contribution in [-0.4, -0.2) is 45.7 Å². The third-order valence-corrected chi connectivity index (χ3v) is 4.67. The van der Waals surface area contributed by atoms with Gasteiger partial charge >= 0.3 is 0 Å². The molecule has 1 saturated heterocycles. The van der Waals surface area contributed by atoms with Crippen LogP contribution in [0.4, 0.5) is 0 Å². The minimum Gasteiger partial charge on any atom is -0.454 e. The predicted molar refractivity (Wildman–Crippen MR) is 79.5 cm³/mol. The first kappa shape index (κ1) is 12.9. The molecule has 0 spiro atoms. The average Bonchev–Trinajstić information content (AvgIpc) is 3.08. The molecule has 2 fully saturated rings. The van der Waals surface area contributed by atoms with Crippen LogP contribution in [0.3, 0.4) is 0 Å². The standard InChI is InChI=1S/C16H16N4O3/c21-16(11-3-4-14-15(5-11)23-9-22-14)19-6-12(7-19)20-8-13(17-18-20)10-1-2-10/h3-5,8,10,12H,1-2,6-7,9H2. The maximum Gasteiger partial charge on any atom is 0.254 e. The zero-order valence-corrected chi connectivity index (χ0v) is 12.5. The average molecular weight is 312 g/mol. The van der Waals surface area contributed by atoms with Gasteiger partial charge in [-0.1, -0.05) is 5.21 Å². The van der Waals surface area contributed by atoms with Gasteiger partial charge in [-0.15, -0.1) is 5.10 Å². The van der Waals surface area contributed by atoms with Crippen LogP contribution in [0.5, 0.6) is 11.5 Å². The smallest absolute Gasteiger partial charge is 0.254 e. The summed E-state index contributed by atoms with van der Waals surface area (Å²) in [5.41, 5.74) is 1.72. The molecule has 3 aliphatic rings. The fraction of sp³-hybridized carbons (Fsp3) is 0.438. The van der Waals surface area contributed by atoms with Crippen molar-refractivity contribution in [2.75, 3.05) is 19.9 Å². The van der Waals surface area contributed by atoms with Crippen molar-refractivity contribution in [3.8, 4) is 11.5 Å². The molecule has 3 heterocycles. The van der Waals surface area contributed by atoms with Crippen LogP contribution < -0.4 is 9.47 Å². The van der Waals surface area contributed by atoms with E-state index in [0.29, 0.717) is 36.1 Å². The number of carbonyl (C=O) groups is 1. The van der Waals surface area contributed by atoms with Crippen molar-refractivity contribution in [3.63, 3.8) is 0 Å². The predicted octanol–water partition coefficient (Wildman–Crippen LogP) is 1.58. The molecule has 2 aromatic rings. The Labute approximate surface area is 132 Å². The molecule has 0 N–H and O–H groups in total. The zero-order chi connectivity index (χ0) is 15.4. The number of carbonyl (C=O) groups excluding carboxylic acids is 1. The number of nitrogens with zero attached hydrogens (tertiary/aromatic N) is 4. The fourth-order valence-corrected chi connectivity index (χ4v) is 3.04. The van der Waals surface area contributed by atoms with Gasteiger partial charge in [0.25, 0.3) is 5.91 Å². The van der Waals surface area contributed by atoms with Gasteiger partial charge < -0.3 is 14.4 Å². The summed E-state index contributed by atoms with van der Waals surface area (Å²) >= 11 is 0. The number of hydrogen-bond donors (Lipinski definition) is 0. The lowest BCUT2D eigenvalue weighted by atomic mass is 10.1. The number of likely N-dealkylation sites (tertiary alicyclic amines) is 1. The molecule has 1 aliphatic carbocycles. The third kappa shape index (κ3) is 2.15. The minimum absolute atomic E-state index is 0.0158. The van der Waals surface area contributed by atoms with Gasteiger partial charge in [0.15, 0.2) is 11.5 Å². The van der Waals surface area contributed by atoms with Crippen molar-refractivity contribution in [1.29, 1.82) is 0 Å². The van der Waals surface area contributed by atoms with Crippen molar-refractivity contribution in [2.24, 2.45) is 0 Å². The molecule has 7 heteroatoms. The summed E-state index contributed by atoms with van der Waals surface area (Å²) in [5, 5.41) is 8.43. The zero-order valence-electron chi connectivity index (χ0n) is 12.5. The van der Waals surface area contributed by atoms with Crippen LogP contribution in [0.15, 0.2) is 24.4 Å². The molecule has 1 aromatic carbocycles. The molecule has 1 saturated carbocycles. The van der Waals surface area contributed by atoms with Crippen molar-refractivity contribution in [2.45, 2.75) is 24.8 Å². The summed E-state index contributed by atoms with van der Waals surface area (Å²) in [7, 11) is 0. The van der Waals surface area contributed by atoms with Crippen molar-refractivity contribution in [1.82, 2.24) is 19.9 Å². The number of fused-ring (bicyclic) bond motifs is 1. The maximum absolute atomic E-state index is 12.5. The highest BCUT2D eigenvalue weighted by molar-refractivity contribution is 5.95. The van der Waals surface area contributed by atoms with E-state index in [2.05, 4.69) is 10.3 Å². The molecule has 0 radical (unpaired) electrons. The normalized spacial score (nSPS) is 19.7. The maximum atomic E-state index is 12.5. The number of aromatic nitrogens is 3. The number of ether oxygens (including phenoxy) is 2. The summed E-state index contributed by atoms with van der Waals surface area (Å²) in [6, 6.07) is 5.54. The second kappa shape index (κ2) is 4.71. The summed E-state index contributed by atoms with van der Waals surface area (Å²) < 4.78 is 12.5. The summed E-state index contributed by atoms with van der Waals surface area (Å²) in [6.07, 6.45) is 4.47. The fourth-order valence-electron chi connectivity index (χ4n) is 3.04. The van der Waals surface area contributed by atoms with Gasteiger partial charge in [-0.05, 0) is 31.0 Å². The Morgan fingerprint density at radius 3 is 2.83 bits per heavy atom.